The lowest BCUT2D eigenvalue weighted by atomic mass is 9.81. The number of carbonyl (C=O) groups excluding carboxylic acids is 2. The van der Waals surface area contributed by atoms with E-state index in [0.29, 0.717) is 56.7 Å². The maximum Gasteiger partial charge on any atom is 0.306 e. The van der Waals surface area contributed by atoms with E-state index < -0.39 is 5.97 Å². The molecule has 53 heavy (non-hydrogen) atoms. The Morgan fingerprint density at radius 1 is 0.774 bits per heavy atom. The van der Waals surface area contributed by atoms with Gasteiger partial charge in [0.2, 0.25) is 0 Å². The topological polar surface area (TPSA) is 138 Å². The summed E-state index contributed by atoms with van der Waals surface area (Å²) < 4.78 is 3.74. The van der Waals surface area contributed by atoms with Crippen LogP contribution in [0.3, 0.4) is 0 Å². The molecule has 14 heteroatoms. The molecule has 3 N–H and O–H groups in total. The second-order valence-electron chi connectivity index (χ2n) is 14.6. The SMILES string of the molecule is CCCN1CCc2c(nc(C(=O)Nc3cccc(-c4cccc(NC(=O)c5nc6c(n5C)CCN(C[C@H]5CC[C@@H](C(=O)O)CC5)C6)c4Cl)c3Cl)n2C)C1. The van der Waals surface area contributed by atoms with Gasteiger partial charge in [0.1, 0.15) is 0 Å². The summed E-state index contributed by atoms with van der Waals surface area (Å²) in [6.45, 7) is 7.25. The average molecular weight is 762 g/mol. The molecule has 2 amide bonds. The quantitative estimate of drug-likeness (QED) is 0.164. The molecule has 2 aromatic heterocycles. The maximum atomic E-state index is 13.7. The summed E-state index contributed by atoms with van der Waals surface area (Å²) in [7, 11) is 3.74. The number of imidazole rings is 2. The van der Waals surface area contributed by atoms with Gasteiger partial charge in [0.15, 0.2) is 11.6 Å². The molecule has 2 aliphatic heterocycles. The number of carboxylic acid groups (broad SMARTS) is 1. The summed E-state index contributed by atoms with van der Waals surface area (Å²) in [6.07, 6.45) is 5.99. The number of anilines is 2. The highest BCUT2D eigenvalue weighted by molar-refractivity contribution is 6.40. The first kappa shape index (κ1) is 37.1. The minimum atomic E-state index is -0.685. The Kier molecular flexibility index (Phi) is 10.9. The molecule has 0 unspecified atom stereocenters. The van der Waals surface area contributed by atoms with E-state index in [1.807, 2.05) is 35.4 Å². The van der Waals surface area contributed by atoms with Crippen molar-refractivity contribution in [3.63, 3.8) is 0 Å². The lowest BCUT2D eigenvalue weighted by molar-refractivity contribution is -0.143. The normalized spacial score (nSPS) is 19.0. The molecule has 0 atom stereocenters. The van der Waals surface area contributed by atoms with Gasteiger partial charge in [0, 0.05) is 82.2 Å². The van der Waals surface area contributed by atoms with E-state index in [0.717, 1.165) is 100 Å². The number of aromatic nitrogens is 4. The number of benzene rings is 2. The van der Waals surface area contributed by atoms with Gasteiger partial charge in [0.25, 0.3) is 11.8 Å². The minimum absolute atomic E-state index is 0.222. The second-order valence-corrected chi connectivity index (χ2v) is 15.3. The predicted octanol–water partition coefficient (Wildman–Crippen LogP) is 6.65. The van der Waals surface area contributed by atoms with Crippen LogP contribution in [0.25, 0.3) is 11.1 Å². The Morgan fingerprint density at radius 3 is 1.75 bits per heavy atom. The molecule has 0 spiro atoms. The fraction of sp³-hybridized carbons (Fsp3) is 0.462. The number of nitrogens with zero attached hydrogens (tertiary/aromatic N) is 6. The van der Waals surface area contributed by atoms with Gasteiger partial charge in [-0.3, -0.25) is 24.2 Å². The van der Waals surface area contributed by atoms with Gasteiger partial charge in [-0.15, -0.1) is 0 Å². The number of carboxylic acids is 1. The van der Waals surface area contributed by atoms with Crippen LogP contribution in [0.5, 0.6) is 0 Å². The van der Waals surface area contributed by atoms with Crippen molar-refractivity contribution >= 4 is 52.4 Å². The zero-order valence-electron chi connectivity index (χ0n) is 30.4. The molecule has 12 nitrogen and oxygen atoms in total. The first-order valence-electron chi connectivity index (χ1n) is 18.5. The third kappa shape index (κ3) is 7.60. The van der Waals surface area contributed by atoms with Gasteiger partial charge in [-0.2, -0.15) is 0 Å². The smallest absolute Gasteiger partial charge is 0.306 e. The molecule has 1 fully saturated rings. The molecule has 0 saturated heterocycles. The number of rotatable bonds is 10. The van der Waals surface area contributed by atoms with Crippen LogP contribution in [0.2, 0.25) is 10.0 Å². The molecule has 1 saturated carbocycles. The van der Waals surface area contributed by atoms with Crippen molar-refractivity contribution in [3.8, 4) is 11.1 Å². The molecule has 4 aromatic rings. The molecule has 3 aliphatic rings. The number of halogens is 2. The molecule has 2 aromatic carbocycles. The number of nitrogens with one attached hydrogen (secondary N) is 2. The highest BCUT2D eigenvalue weighted by Gasteiger charge is 2.31. The van der Waals surface area contributed by atoms with Crippen LogP contribution in [0.1, 0.15) is 83.0 Å². The summed E-state index contributed by atoms with van der Waals surface area (Å²) >= 11 is 13.9. The van der Waals surface area contributed by atoms with E-state index in [2.05, 4.69) is 27.4 Å². The molecule has 7 rings (SSSR count). The Bertz CT molecular complexity index is 2050. The van der Waals surface area contributed by atoms with Crippen molar-refractivity contribution < 1.29 is 19.5 Å². The van der Waals surface area contributed by atoms with Crippen molar-refractivity contribution in [3.05, 3.63) is 80.9 Å². The van der Waals surface area contributed by atoms with Crippen LogP contribution in [0.4, 0.5) is 11.4 Å². The monoisotopic (exact) mass is 760 g/mol. The lowest BCUT2D eigenvalue weighted by Crippen LogP contribution is -2.36. The molecule has 280 valence electrons. The lowest BCUT2D eigenvalue weighted by Gasteiger charge is -2.33. The van der Waals surface area contributed by atoms with Gasteiger partial charge in [0.05, 0.1) is 38.7 Å². The molecule has 4 heterocycles. The summed E-state index contributed by atoms with van der Waals surface area (Å²) in [6, 6.07) is 10.7. The maximum absolute atomic E-state index is 13.7. The van der Waals surface area contributed by atoms with E-state index in [1.54, 1.807) is 24.3 Å². The van der Waals surface area contributed by atoms with Crippen LogP contribution >= 0.6 is 23.2 Å². The summed E-state index contributed by atoms with van der Waals surface area (Å²) in [5.74, 6) is -0.517. The van der Waals surface area contributed by atoms with Crippen molar-refractivity contribution in [1.82, 2.24) is 28.9 Å². The summed E-state index contributed by atoms with van der Waals surface area (Å²) in [5.41, 5.74) is 5.97. The van der Waals surface area contributed by atoms with Crippen molar-refractivity contribution in [2.24, 2.45) is 25.9 Å². The van der Waals surface area contributed by atoms with E-state index in [9.17, 15) is 19.5 Å². The zero-order chi connectivity index (χ0) is 37.4. The van der Waals surface area contributed by atoms with Crippen molar-refractivity contribution in [1.29, 1.82) is 0 Å². The number of hydrogen-bond acceptors (Lipinski definition) is 7. The Labute approximate surface area is 319 Å². The standard InChI is InChI=1S/C39H46Cl2N8O4/c1-4-17-48-18-15-31-29(21-48)42-35(46(31)2)37(50)44-27-9-5-7-25(33(27)40)26-8-6-10-28(34(26)41)45-38(51)36-43-30-22-49(19-16-32(30)47(36)3)20-23-11-13-24(14-12-23)39(52)53/h5-10,23-24H,4,11-22H2,1-3H3,(H,44,50)(H,45,51)(H,52,53)/t23-,24+. The van der Waals surface area contributed by atoms with Crippen LogP contribution < -0.4 is 10.6 Å². The Balaban J connectivity index is 1.03. The number of carbonyl (C=O) groups is 3. The number of fused-ring (bicyclic) bond motifs is 2. The number of hydrogen-bond donors (Lipinski definition) is 3. The molecule has 0 bridgehead atoms. The number of amides is 2. The summed E-state index contributed by atoms with van der Waals surface area (Å²) in [5, 5.41) is 15.9. The van der Waals surface area contributed by atoms with Gasteiger partial charge >= 0.3 is 5.97 Å². The van der Waals surface area contributed by atoms with E-state index in [-0.39, 0.29) is 17.7 Å². The molecule has 1 aliphatic carbocycles. The predicted molar refractivity (Wildman–Crippen MR) is 206 cm³/mol. The van der Waals surface area contributed by atoms with Crippen LogP contribution in [0.15, 0.2) is 36.4 Å². The van der Waals surface area contributed by atoms with E-state index in [4.69, 9.17) is 33.2 Å². The first-order chi connectivity index (χ1) is 25.5. The zero-order valence-corrected chi connectivity index (χ0v) is 31.9. The van der Waals surface area contributed by atoms with Gasteiger partial charge in [-0.05, 0) is 56.7 Å². The highest BCUT2D eigenvalue weighted by Crippen LogP contribution is 2.40. The van der Waals surface area contributed by atoms with Crippen molar-refractivity contribution in [2.75, 3.05) is 36.8 Å². The van der Waals surface area contributed by atoms with Crippen LogP contribution in [-0.4, -0.2) is 78.0 Å². The van der Waals surface area contributed by atoms with Gasteiger partial charge < -0.3 is 24.9 Å². The van der Waals surface area contributed by atoms with E-state index >= 15 is 0 Å². The van der Waals surface area contributed by atoms with Crippen LogP contribution in [-0.2, 0) is 44.8 Å². The molecule has 0 radical (unpaired) electrons. The van der Waals surface area contributed by atoms with Gasteiger partial charge in [-0.25, -0.2) is 9.97 Å². The second kappa shape index (κ2) is 15.6. The minimum Gasteiger partial charge on any atom is -0.481 e. The molecular weight excluding hydrogens is 715 g/mol. The van der Waals surface area contributed by atoms with Crippen LogP contribution in [0, 0.1) is 11.8 Å². The Hall–Kier alpha value is -4.23. The van der Waals surface area contributed by atoms with Gasteiger partial charge in [-0.1, -0.05) is 54.4 Å². The third-order valence-corrected chi connectivity index (χ3v) is 11.9. The average Bonchev–Trinajstić information content (AvgIpc) is 3.65. The largest absolute Gasteiger partial charge is 0.481 e. The highest BCUT2D eigenvalue weighted by atomic mass is 35.5. The fourth-order valence-corrected chi connectivity index (χ4v) is 8.77. The third-order valence-electron chi connectivity index (χ3n) is 11.1. The Morgan fingerprint density at radius 2 is 1.26 bits per heavy atom. The van der Waals surface area contributed by atoms with Crippen molar-refractivity contribution in [2.45, 2.75) is 65.0 Å². The summed E-state index contributed by atoms with van der Waals surface area (Å²) in [4.78, 5) is 52.7. The fourth-order valence-electron chi connectivity index (χ4n) is 8.22. The molecular formula is C39H46Cl2N8O4. The van der Waals surface area contributed by atoms with E-state index in [1.165, 1.54) is 0 Å². The number of aliphatic carboxylic acids is 1. The first-order valence-corrected chi connectivity index (χ1v) is 19.2.